The normalized spacial score (nSPS) is 16.9. The van der Waals surface area contributed by atoms with Crippen LogP contribution in [0.2, 0.25) is 5.02 Å². The van der Waals surface area contributed by atoms with E-state index in [4.69, 9.17) is 21.1 Å². The second kappa shape index (κ2) is 11.6. The summed E-state index contributed by atoms with van der Waals surface area (Å²) in [6.45, 7) is 1.45. The lowest BCUT2D eigenvalue weighted by Crippen LogP contribution is -2.47. The number of hydrazine groups is 1. The molecular weight excluding hydrogens is 561 g/mol. The van der Waals surface area contributed by atoms with Crippen LogP contribution in [0.15, 0.2) is 46.4 Å². The number of methoxy groups -OCH3 is 1. The summed E-state index contributed by atoms with van der Waals surface area (Å²) in [5.74, 6) is -0.204. The Balaban J connectivity index is 1.72. The fraction of sp³-hybridized carbons (Fsp3) is 0.391. The number of aliphatic hydroxyl groups excluding tert-OH is 1. The highest BCUT2D eigenvalue weighted by molar-refractivity contribution is 6.30. The first-order chi connectivity index (χ1) is 18.9. The number of nitrogens with zero attached hydrogens (tertiary/aromatic N) is 7. The minimum Gasteiger partial charge on any atom is -0.478 e. The number of halogens is 4. The van der Waals surface area contributed by atoms with Gasteiger partial charge in [0.2, 0.25) is 5.82 Å². The summed E-state index contributed by atoms with van der Waals surface area (Å²) >= 11 is 5.93. The standard InChI is InChI=1S/C23H24ClF3N8O5/c1-12(40-13(2)36)18-30-17(31-35(18)20-21(39-3)29-9-8-28-20)11-34-22(38)33(10-16(37)23(25,26)27)19(32-34)14-4-6-15(24)7-5-14/h4-9,12,16-17,31,37H,10-11H2,1-3H3/t12-,16-,17?/m0/s1. The Kier molecular flexibility index (Phi) is 8.41. The fourth-order valence-electron chi connectivity index (χ4n) is 3.89. The number of esters is 1. The van der Waals surface area contributed by atoms with Crippen LogP contribution in [-0.2, 0) is 22.6 Å². The zero-order valence-corrected chi connectivity index (χ0v) is 22.1. The summed E-state index contributed by atoms with van der Waals surface area (Å²) in [5, 5.41) is 15.7. The van der Waals surface area contributed by atoms with Crippen LogP contribution in [0.25, 0.3) is 11.4 Å². The molecule has 214 valence electrons. The third-order valence-electron chi connectivity index (χ3n) is 5.66. The van der Waals surface area contributed by atoms with E-state index in [2.05, 4.69) is 25.5 Å². The highest BCUT2D eigenvalue weighted by atomic mass is 35.5. The molecule has 0 fully saturated rings. The Morgan fingerprint density at radius 1 is 1.23 bits per heavy atom. The molecule has 0 saturated carbocycles. The number of aliphatic imine (C=N–C) groups is 1. The van der Waals surface area contributed by atoms with Crippen LogP contribution in [0.5, 0.6) is 5.88 Å². The van der Waals surface area contributed by atoms with Gasteiger partial charge in [-0.25, -0.2) is 34.9 Å². The van der Waals surface area contributed by atoms with Gasteiger partial charge >= 0.3 is 17.8 Å². The van der Waals surface area contributed by atoms with Crippen molar-refractivity contribution in [2.24, 2.45) is 4.99 Å². The van der Waals surface area contributed by atoms with Crippen molar-refractivity contribution >= 4 is 29.2 Å². The highest BCUT2D eigenvalue weighted by Crippen LogP contribution is 2.27. The van der Waals surface area contributed by atoms with E-state index in [1.165, 1.54) is 55.7 Å². The number of rotatable bonds is 9. The van der Waals surface area contributed by atoms with E-state index in [-0.39, 0.29) is 29.9 Å². The molecular formula is C23H24ClF3N8O5. The lowest BCUT2D eigenvalue weighted by molar-refractivity contribution is -0.207. The Bertz CT molecular complexity index is 1460. The zero-order chi connectivity index (χ0) is 29.2. The number of ether oxygens (including phenoxy) is 2. The van der Waals surface area contributed by atoms with Gasteiger partial charge in [0.15, 0.2) is 23.9 Å². The van der Waals surface area contributed by atoms with Crippen molar-refractivity contribution in [2.45, 2.75) is 51.5 Å². The van der Waals surface area contributed by atoms with E-state index in [0.717, 1.165) is 9.25 Å². The first kappa shape index (κ1) is 29.0. The van der Waals surface area contributed by atoms with Gasteiger partial charge in [0.1, 0.15) is 6.17 Å². The minimum absolute atomic E-state index is 0.117. The second-order valence-corrected chi connectivity index (χ2v) is 9.01. The van der Waals surface area contributed by atoms with E-state index in [1.54, 1.807) is 6.92 Å². The molecule has 1 aliphatic rings. The smallest absolute Gasteiger partial charge is 0.416 e. The molecule has 17 heteroatoms. The van der Waals surface area contributed by atoms with Crippen LogP contribution in [0.1, 0.15) is 13.8 Å². The molecule has 40 heavy (non-hydrogen) atoms. The van der Waals surface area contributed by atoms with Crippen molar-refractivity contribution in [1.82, 2.24) is 29.7 Å². The van der Waals surface area contributed by atoms with E-state index >= 15 is 0 Å². The third kappa shape index (κ3) is 6.24. The predicted molar refractivity (Wildman–Crippen MR) is 136 cm³/mol. The second-order valence-electron chi connectivity index (χ2n) is 8.57. The van der Waals surface area contributed by atoms with Gasteiger partial charge in [0.25, 0.3) is 5.88 Å². The lowest BCUT2D eigenvalue weighted by Gasteiger charge is -2.24. The van der Waals surface area contributed by atoms with E-state index in [0.29, 0.717) is 10.6 Å². The molecule has 3 atom stereocenters. The van der Waals surface area contributed by atoms with Gasteiger partial charge in [-0.05, 0) is 31.2 Å². The van der Waals surface area contributed by atoms with Crippen LogP contribution in [0.3, 0.4) is 0 Å². The van der Waals surface area contributed by atoms with E-state index in [1.807, 2.05) is 0 Å². The number of hydrogen-bond donors (Lipinski definition) is 2. The highest BCUT2D eigenvalue weighted by Gasteiger charge is 2.40. The minimum atomic E-state index is -4.96. The molecule has 2 aromatic heterocycles. The van der Waals surface area contributed by atoms with E-state index in [9.17, 15) is 27.9 Å². The molecule has 4 rings (SSSR count). The molecule has 1 aromatic carbocycles. The molecule has 3 heterocycles. The largest absolute Gasteiger partial charge is 0.478 e. The number of nitrogens with one attached hydrogen (secondary N) is 1. The zero-order valence-electron chi connectivity index (χ0n) is 21.3. The number of aromatic nitrogens is 5. The first-order valence-electron chi connectivity index (χ1n) is 11.7. The maximum atomic E-state index is 13.3. The van der Waals surface area contributed by atoms with Crippen LogP contribution in [-0.4, -0.2) is 72.9 Å². The van der Waals surface area contributed by atoms with Crippen LogP contribution >= 0.6 is 11.6 Å². The average molecular weight is 585 g/mol. The third-order valence-corrected chi connectivity index (χ3v) is 5.91. The van der Waals surface area contributed by atoms with Crippen molar-refractivity contribution < 1.29 is 32.5 Å². The molecule has 0 aliphatic carbocycles. The number of aliphatic hydroxyl groups is 1. The van der Waals surface area contributed by atoms with Crippen LogP contribution < -0.4 is 20.9 Å². The fourth-order valence-corrected chi connectivity index (χ4v) is 4.02. The molecule has 1 unspecified atom stereocenters. The van der Waals surface area contributed by atoms with Crippen molar-refractivity contribution in [3.05, 3.63) is 52.2 Å². The summed E-state index contributed by atoms with van der Waals surface area (Å²) in [4.78, 5) is 37.7. The molecule has 0 amide bonds. The Morgan fingerprint density at radius 3 is 2.52 bits per heavy atom. The van der Waals surface area contributed by atoms with Crippen molar-refractivity contribution in [2.75, 3.05) is 12.1 Å². The number of hydrogen-bond acceptors (Lipinski definition) is 11. The number of amidine groups is 1. The summed E-state index contributed by atoms with van der Waals surface area (Å²) < 4.78 is 51.7. The summed E-state index contributed by atoms with van der Waals surface area (Å²) in [7, 11) is 1.38. The first-order valence-corrected chi connectivity index (χ1v) is 12.1. The molecule has 0 radical (unpaired) electrons. The van der Waals surface area contributed by atoms with Crippen molar-refractivity contribution in [3.8, 4) is 17.3 Å². The van der Waals surface area contributed by atoms with Gasteiger partial charge in [-0.1, -0.05) is 11.6 Å². The van der Waals surface area contributed by atoms with Crippen molar-refractivity contribution in [3.63, 3.8) is 0 Å². The van der Waals surface area contributed by atoms with Gasteiger partial charge in [-0.15, -0.1) is 5.10 Å². The predicted octanol–water partition coefficient (Wildman–Crippen LogP) is 1.79. The summed E-state index contributed by atoms with van der Waals surface area (Å²) in [6, 6.07) is 5.95. The number of benzene rings is 1. The number of alkyl halides is 3. The summed E-state index contributed by atoms with van der Waals surface area (Å²) in [5.41, 5.74) is 2.38. The lowest BCUT2D eigenvalue weighted by atomic mass is 10.2. The van der Waals surface area contributed by atoms with Gasteiger partial charge in [-0.2, -0.15) is 13.2 Å². The average Bonchev–Trinajstić information content (AvgIpc) is 3.45. The van der Waals surface area contributed by atoms with Gasteiger partial charge < -0.3 is 14.6 Å². The Morgan fingerprint density at radius 2 is 1.90 bits per heavy atom. The number of carbonyl (C=O) groups excluding carboxylic acids is 1. The maximum Gasteiger partial charge on any atom is 0.416 e. The Hall–Kier alpha value is -4.02. The molecule has 0 saturated heterocycles. The van der Waals surface area contributed by atoms with Crippen LogP contribution in [0.4, 0.5) is 19.0 Å². The van der Waals surface area contributed by atoms with Gasteiger partial charge in [-0.3, -0.25) is 9.36 Å². The maximum absolute atomic E-state index is 13.3. The molecule has 0 spiro atoms. The monoisotopic (exact) mass is 584 g/mol. The molecule has 0 bridgehead atoms. The Labute approximate surface area is 229 Å². The summed E-state index contributed by atoms with van der Waals surface area (Å²) in [6.07, 6.45) is -6.76. The number of anilines is 1. The van der Waals surface area contributed by atoms with Gasteiger partial charge in [0, 0.05) is 29.9 Å². The van der Waals surface area contributed by atoms with Gasteiger partial charge in [0.05, 0.1) is 20.2 Å². The SMILES string of the molecule is COc1nccnc1N1NC(Cn2nc(-c3ccc(Cl)cc3)n(C[C@H](O)C(F)(F)F)c2=O)N=C1[C@H](C)OC(C)=O. The van der Waals surface area contributed by atoms with Crippen LogP contribution in [0, 0.1) is 0 Å². The number of carbonyl (C=O) groups is 1. The molecule has 3 aromatic rings. The molecule has 1 aliphatic heterocycles. The van der Waals surface area contributed by atoms with E-state index < -0.39 is 42.8 Å². The van der Waals surface area contributed by atoms with Crippen molar-refractivity contribution in [1.29, 1.82) is 0 Å². The quantitative estimate of drug-likeness (QED) is 0.356. The molecule has 13 nitrogen and oxygen atoms in total. The molecule has 2 N–H and O–H groups in total. The topological polar surface area (TPSA) is 149 Å².